The van der Waals surface area contributed by atoms with Crippen LogP contribution in [0.25, 0.3) is 11.5 Å². The first-order chi connectivity index (χ1) is 9.72. The van der Waals surface area contributed by atoms with Gasteiger partial charge < -0.3 is 10.3 Å². The van der Waals surface area contributed by atoms with E-state index >= 15 is 0 Å². The van der Waals surface area contributed by atoms with Crippen molar-refractivity contribution in [3.05, 3.63) is 28.5 Å². The number of aromatic nitrogens is 2. The SMILES string of the molecule is Nc1cc(-c2nc(CSC3CCCC3)no2)ccc1Br. The third kappa shape index (κ3) is 3.17. The Hall–Kier alpha value is -1.01. The molecule has 0 unspecified atom stereocenters. The standard InChI is InChI=1S/C14H16BrN3OS/c15-11-6-5-9(7-12(11)16)14-17-13(18-19-14)8-20-10-3-1-2-4-10/h5-7,10H,1-4,8,16H2. The lowest BCUT2D eigenvalue weighted by atomic mass is 10.2. The number of benzene rings is 1. The fourth-order valence-corrected chi connectivity index (χ4v) is 3.77. The van der Waals surface area contributed by atoms with Crippen LogP contribution < -0.4 is 5.73 Å². The number of nitrogens with two attached hydrogens (primary N) is 1. The summed E-state index contributed by atoms with van der Waals surface area (Å²) in [6, 6.07) is 5.65. The van der Waals surface area contributed by atoms with Gasteiger partial charge in [0.2, 0.25) is 0 Å². The quantitative estimate of drug-likeness (QED) is 0.832. The third-order valence-corrected chi connectivity index (χ3v) is 5.55. The summed E-state index contributed by atoms with van der Waals surface area (Å²) in [5, 5.41) is 4.81. The van der Waals surface area contributed by atoms with Gasteiger partial charge in [-0.3, -0.25) is 0 Å². The highest BCUT2D eigenvalue weighted by Crippen LogP contribution is 2.31. The lowest BCUT2D eigenvalue weighted by Gasteiger charge is -2.04. The van der Waals surface area contributed by atoms with E-state index in [1.165, 1.54) is 25.7 Å². The maximum Gasteiger partial charge on any atom is 0.258 e. The van der Waals surface area contributed by atoms with Crippen LogP contribution in [0.2, 0.25) is 0 Å². The first-order valence-electron chi connectivity index (χ1n) is 6.72. The molecule has 0 bridgehead atoms. The number of anilines is 1. The van der Waals surface area contributed by atoms with E-state index in [9.17, 15) is 0 Å². The molecule has 1 aliphatic carbocycles. The second kappa shape index (κ2) is 6.18. The van der Waals surface area contributed by atoms with Crippen LogP contribution in [0, 0.1) is 0 Å². The summed E-state index contributed by atoms with van der Waals surface area (Å²) < 4.78 is 6.19. The maximum absolute atomic E-state index is 5.87. The molecule has 0 spiro atoms. The molecule has 3 rings (SSSR count). The van der Waals surface area contributed by atoms with Gasteiger partial charge in [0, 0.05) is 21.0 Å². The van der Waals surface area contributed by atoms with Crippen LogP contribution in [0.5, 0.6) is 0 Å². The van der Waals surface area contributed by atoms with Crippen molar-refractivity contribution in [1.29, 1.82) is 0 Å². The number of halogens is 1. The van der Waals surface area contributed by atoms with Crippen molar-refractivity contribution >= 4 is 33.4 Å². The molecule has 20 heavy (non-hydrogen) atoms. The predicted molar refractivity (Wildman–Crippen MR) is 85.4 cm³/mol. The summed E-state index contributed by atoms with van der Waals surface area (Å²) >= 11 is 5.31. The Balaban J connectivity index is 1.67. The molecule has 2 N–H and O–H groups in total. The van der Waals surface area contributed by atoms with E-state index in [0.29, 0.717) is 11.6 Å². The lowest BCUT2D eigenvalue weighted by molar-refractivity contribution is 0.425. The van der Waals surface area contributed by atoms with Crippen molar-refractivity contribution in [3.8, 4) is 11.5 Å². The third-order valence-electron chi connectivity index (χ3n) is 3.46. The average molecular weight is 354 g/mol. The van der Waals surface area contributed by atoms with Crippen molar-refractivity contribution in [2.24, 2.45) is 0 Å². The highest BCUT2D eigenvalue weighted by Gasteiger charge is 2.17. The van der Waals surface area contributed by atoms with Crippen molar-refractivity contribution in [1.82, 2.24) is 10.1 Å². The normalized spacial score (nSPS) is 15.8. The summed E-state index contributed by atoms with van der Waals surface area (Å²) in [5.74, 6) is 2.12. The van der Waals surface area contributed by atoms with Crippen molar-refractivity contribution in [2.45, 2.75) is 36.7 Å². The zero-order valence-electron chi connectivity index (χ0n) is 11.0. The first-order valence-corrected chi connectivity index (χ1v) is 8.56. The molecule has 0 saturated heterocycles. The van der Waals surface area contributed by atoms with Crippen LogP contribution in [0.4, 0.5) is 5.69 Å². The van der Waals surface area contributed by atoms with Crippen LogP contribution >= 0.6 is 27.7 Å². The molecule has 1 heterocycles. The number of hydrogen-bond acceptors (Lipinski definition) is 5. The van der Waals surface area contributed by atoms with Crippen LogP contribution in [-0.2, 0) is 5.75 Å². The Bertz CT molecular complexity index is 596. The number of thioether (sulfide) groups is 1. The minimum atomic E-state index is 0.534. The Labute approximate surface area is 130 Å². The van der Waals surface area contributed by atoms with Crippen LogP contribution in [0.15, 0.2) is 27.2 Å². The minimum Gasteiger partial charge on any atom is -0.398 e. The second-order valence-corrected chi connectivity index (χ2v) is 7.11. The maximum atomic E-state index is 5.87. The molecular formula is C14H16BrN3OS. The van der Waals surface area contributed by atoms with Crippen LogP contribution in [-0.4, -0.2) is 15.4 Å². The molecular weight excluding hydrogens is 338 g/mol. The minimum absolute atomic E-state index is 0.534. The highest BCUT2D eigenvalue weighted by atomic mass is 79.9. The number of hydrogen-bond donors (Lipinski definition) is 1. The number of nitrogens with zero attached hydrogens (tertiary/aromatic N) is 2. The van der Waals surface area contributed by atoms with E-state index in [4.69, 9.17) is 10.3 Å². The van der Waals surface area contributed by atoms with Gasteiger partial charge in [0.1, 0.15) is 0 Å². The van der Waals surface area contributed by atoms with Crippen LogP contribution in [0.3, 0.4) is 0 Å². The summed E-state index contributed by atoms with van der Waals surface area (Å²) in [6.07, 6.45) is 5.35. The summed E-state index contributed by atoms with van der Waals surface area (Å²) in [6.45, 7) is 0. The van der Waals surface area contributed by atoms with Gasteiger partial charge in [0.25, 0.3) is 5.89 Å². The van der Waals surface area contributed by atoms with E-state index in [-0.39, 0.29) is 0 Å². The zero-order valence-corrected chi connectivity index (χ0v) is 13.4. The predicted octanol–water partition coefficient (Wildman–Crippen LogP) is 4.26. The van der Waals surface area contributed by atoms with Crippen LogP contribution in [0.1, 0.15) is 31.5 Å². The van der Waals surface area contributed by atoms with Gasteiger partial charge in [0.05, 0.1) is 5.75 Å². The van der Waals surface area contributed by atoms with Gasteiger partial charge in [0.15, 0.2) is 5.82 Å². The van der Waals surface area contributed by atoms with Gasteiger partial charge in [-0.25, -0.2) is 0 Å². The average Bonchev–Trinajstić information content (AvgIpc) is 3.10. The first kappa shape index (κ1) is 13.9. The van der Waals surface area contributed by atoms with E-state index in [1.807, 2.05) is 30.0 Å². The monoisotopic (exact) mass is 353 g/mol. The molecule has 1 aromatic carbocycles. The molecule has 0 aliphatic heterocycles. The second-order valence-electron chi connectivity index (χ2n) is 4.97. The molecule has 2 aromatic rings. The molecule has 1 fully saturated rings. The Morgan fingerprint density at radius 2 is 2.15 bits per heavy atom. The summed E-state index contributed by atoms with van der Waals surface area (Å²) in [5.41, 5.74) is 7.39. The Morgan fingerprint density at radius 1 is 1.35 bits per heavy atom. The molecule has 0 amide bonds. The molecule has 1 saturated carbocycles. The molecule has 6 heteroatoms. The molecule has 0 radical (unpaired) electrons. The summed E-state index contributed by atoms with van der Waals surface area (Å²) in [4.78, 5) is 4.44. The van der Waals surface area contributed by atoms with Gasteiger partial charge in [-0.05, 0) is 47.0 Å². The van der Waals surface area contributed by atoms with E-state index in [0.717, 1.165) is 26.9 Å². The highest BCUT2D eigenvalue weighted by molar-refractivity contribution is 9.10. The Kier molecular flexibility index (Phi) is 4.31. The van der Waals surface area contributed by atoms with E-state index in [2.05, 4.69) is 26.1 Å². The van der Waals surface area contributed by atoms with Crippen molar-refractivity contribution < 1.29 is 4.52 Å². The van der Waals surface area contributed by atoms with Gasteiger partial charge in [-0.2, -0.15) is 16.7 Å². The topological polar surface area (TPSA) is 64.9 Å². The fourth-order valence-electron chi connectivity index (χ4n) is 2.35. The lowest BCUT2D eigenvalue weighted by Crippen LogP contribution is -1.95. The van der Waals surface area contributed by atoms with E-state index in [1.54, 1.807) is 0 Å². The fraction of sp³-hybridized carbons (Fsp3) is 0.429. The van der Waals surface area contributed by atoms with Gasteiger partial charge >= 0.3 is 0 Å². The molecule has 0 atom stereocenters. The zero-order chi connectivity index (χ0) is 13.9. The largest absolute Gasteiger partial charge is 0.398 e. The van der Waals surface area contributed by atoms with Crippen molar-refractivity contribution in [2.75, 3.05) is 5.73 Å². The van der Waals surface area contributed by atoms with Gasteiger partial charge in [-0.15, -0.1) is 0 Å². The molecule has 106 valence electrons. The number of nitrogen functional groups attached to an aromatic ring is 1. The summed E-state index contributed by atoms with van der Waals surface area (Å²) in [7, 11) is 0. The smallest absolute Gasteiger partial charge is 0.258 e. The van der Waals surface area contributed by atoms with E-state index < -0.39 is 0 Å². The molecule has 1 aliphatic rings. The number of rotatable bonds is 4. The Morgan fingerprint density at radius 3 is 2.90 bits per heavy atom. The molecule has 1 aromatic heterocycles. The van der Waals surface area contributed by atoms with Gasteiger partial charge in [-0.1, -0.05) is 18.0 Å². The van der Waals surface area contributed by atoms with Crippen molar-refractivity contribution in [3.63, 3.8) is 0 Å². The molecule has 4 nitrogen and oxygen atoms in total.